The summed E-state index contributed by atoms with van der Waals surface area (Å²) in [5, 5.41) is 31.6. The molecule has 1 aromatic carbocycles. The van der Waals surface area contributed by atoms with Crippen LogP contribution in [0.2, 0.25) is 0 Å². The van der Waals surface area contributed by atoms with Gasteiger partial charge in [0.1, 0.15) is 12.4 Å². The van der Waals surface area contributed by atoms with Crippen molar-refractivity contribution in [2.45, 2.75) is 105 Å². The number of allylic oxidation sites excluding steroid dienone is 1. The van der Waals surface area contributed by atoms with Crippen LogP contribution in [0.1, 0.15) is 105 Å². The van der Waals surface area contributed by atoms with Gasteiger partial charge in [0.05, 0.1) is 11.5 Å². The van der Waals surface area contributed by atoms with Gasteiger partial charge in [0.2, 0.25) is 0 Å². The zero-order valence-corrected chi connectivity index (χ0v) is 28.1. The van der Waals surface area contributed by atoms with Gasteiger partial charge in [-0.2, -0.15) is 0 Å². The van der Waals surface area contributed by atoms with E-state index in [1.54, 1.807) is 30.3 Å². The van der Waals surface area contributed by atoms with Crippen molar-refractivity contribution < 1.29 is 29.6 Å². The van der Waals surface area contributed by atoms with Crippen LogP contribution in [0.3, 0.4) is 0 Å². The predicted molar refractivity (Wildman–Crippen MR) is 175 cm³/mol. The molecule has 0 heterocycles. The highest BCUT2D eigenvalue weighted by Gasteiger charge is 2.71. The van der Waals surface area contributed by atoms with E-state index < -0.39 is 22.8 Å². The van der Waals surface area contributed by atoms with Crippen molar-refractivity contribution in [2.24, 2.45) is 56.7 Å². The molecule has 0 aromatic heterocycles. The Labute approximate surface area is 269 Å². The van der Waals surface area contributed by atoms with Gasteiger partial charge in [0, 0.05) is 11.5 Å². The van der Waals surface area contributed by atoms with E-state index in [1.165, 1.54) is 11.6 Å². The number of phenols is 1. The van der Waals surface area contributed by atoms with Gasteiger partial charge in [-0.15, -0.1) is 0 Å². The van der Waals surface area contributed by atoms with Gasteiger partial charge in [0.15, 0.2) is 0 Å². The standard InChI is InChI=1S/C39H54O6/c1-24-15-20-38(34(43)44)21-22-39(23-45-32(42)14-9-26-7-10-27(40)11-8-26)28(33(38)25(24)2)12-13-30-36(5)18-17-31(41)35(3,4)29(36)16-19-37(30,39)6/h7-12,14,24-25,29-31,33,40-41H,13,15-23H2,1-6H3,(H,43,44)/t24?,25?,29-,30+,31?,33-,36+,37-,38+,39+/m1/s1. The number of esters is 1. The molecule has 0 spiro atoms. The minimum Gasteiger partial charge on any atom is -0.508 e. The Balaban J connectivity index is 1.42. The van der Waals surface area contributed by atoms with E-state index >= 15 is 0 Å². The van der Waals surface area contributed by atoms with Gasteiger partial charge in [-0.3, -0.25) is 4.79 Å². The van der Waals surface area contributed by atoms with E-state index in [2.05, 4.69) is 47.6 Å². The third-order valence-corrected chi connectivity index (χ3v) is 14.8. The van der Waals surface area contributed by atoms with Crippen LogP contribution in [0.4, 0.5) is 0 Å². The molecular weight excluding hydrogens is 564 g/mol. The topological polar surface area (TPSA) is 104 Å². The highest BCUT2D eigenvalue weighted by atomic mass is 16.5. The van der Waals surface area contributed by atoms with Crippen LogP contribution in [0.15, 0.2) is 42.0 Å². The van der Waals surface area contributed by atoms with Crippen molar-refractivity contribution in [1.82, 2.24) is 0 Å². The Morgan fingerprint density at radius 2 is 1.64 bits per heavy atom. The number of phenolic OH excluding ortho intramolecular Hbond substituents is 1. The third-order valence-electron chi connectivity index (χ3n) is 14.8. The molecule has 246 valence electrons. The number of hydrogen-bond acceptors (Lipinski definition) is 5. The Morgan fingerprint density at radius 1 is 0.933 bits per heavy atom. The molecule has 0 saturated heterocycles. The SMILES string of the molecule is CC1CC[C@]2(C(=O)O)CC[C@]3(COC(=O)C=Cc4ccc(O)cc4)C(=CC[C@H]4[C@@]5(C)CCC(O)C(C)(C)[C@H]5CC[C@]43C)[C@H]2C1C. The fraction of sp³-hybridized carbons (Fsp3) is 0.692. The van der Waals surface area contributed by atoms with E-state index in [4.69, 9.17) is 4.74 Å². The lowest BCUT2D eigenvalue weighted by Crippen LogP contribution is -2.67. The number of aliphatic hydroxyl groups is 1. The zero-order valence-electron chi connectivity index (χ0n) is 28.1. The molecule has 3 unspecified atom stereocenters. The quantitative estimate of drug-likeness (QED) is 0.175. The van der Waals surface area contributed by atoms with Crippen molar-refractivity contribution in [3.63, 3.8) is 0 Å². The Hall–Kier alpha value is -2.60. The molecule has 5 aliphatic carbocycles. The van der Waals surface area contributed by atoms with Gasteiger partial charge in [-0.25, -0.2) is 4.79 Å². The lowest BCUT2D eigenvalue weighted by molar-refractivity contribution is -0.218. The summed E-state index contributed by atoms with van der Waals surface area (Å²) < 4.78 is 6.26. The van der Waals surface area contributed by atoms with E-state index in [1.807, 2.05) is 0 Å². The number of carbonyl (C=O) groups excluding carboxylic acids is 1. The highest BCUT2D eigenvalue weighted by molar-refractivity contribution is 5.87. The number of aliphatic carboxylic acids is 1. The molecule has 45 heavy (non-hydrogen) atoms. The van der Waals surface area contributed by atoms with Gasteiger partial charge < -0.3 is 20.1 Å². The summed E-state index contributed by atoms with van der Waals surface area (Å²) in [5.41, 5.74) is 0.520. The van der Waals surface area contributed by atoms with E-state index in [0.717, 1.165) is 44.1 Å². The maximum Gasteiger partial charge on any atom is 0.330 e. The Kier molecular flexibility index (Phi) is 7.90. The first-order valence-electron chi connectivity index (χ1n) is 17.4. The smallest absolute Gasteiger partial charge is 0.330 e. The average molecular weight is 619 g/mol. The number of benzene rings is 1. The number of carboxylic acids is 1. The van der Waals surface area contributed by atoms with Crippen molar-refractivity contribution in [3.8, 4) is 5.75 Å². The largest absolute Gasteiger partial charge is 0.508 e. The Bertz CT molecular complexity index is 1390. The fourth-order valence-corrected chi connectivity index (χ4v) is 12.0. The molecule has 3 N–H and O–H groups in total. The van der Waals surface area contributed by atoms with Crippen LogP contribution >= 0.6 is 0 Å². The summed E-state index contributed by atoms with van der Waals surface area (Å²) in [4.78, 5) is 26.5. The molecule has 0 radical (unpaired) electrons. The van der Waals surface area contributed by atoms with Crippen LogP contribution in [0.5, 0.6) is 5.75 Å². The molecule has 6 heteroatoms. The second-order valence-corrected chi connectivity index (χ2v) is 16.8. The van der Waals surface area contributed by atoms with Gasteiger partial charge in [-0.1, -0.05) is 65.3 Å². The number of aliphatic hydroxyl groups excluding tert-OH is 1. The van der Waals surface area contributed by atoms with Crippen molar-refractivity contribution >= 4 is 18.0 Å². The van der Waals surface area contributed by atoms with Gasteiger partial charge in [0.25, 0.3) is 0 Å². The van der Waals surface area contributed by atoms with Crippen LogP contribution < -0.4 is 0 Å². The van der Waals surface area contributed by atoms with Crippen molar-refractivity contribution in [3.05, 3.63) is 47.6 Å². The van der Waals surface area contributed by atoms with Crippen molar-refractivity contribution in [1.29, 1.82) is 0 Å². The molecule has 0 amide bonds. The Morgan fingerprint density at radius 3 is 2.33 bits per heavy atom. The molecule has 4 fully saturated rings. The molecule has 4 saturated carbocycles. The van der Waals surface area contributed by atoms with Crippen LogP contribution in [0, 0.1) is 56.7 Å². The molecule has 0 aliphatic heterocycles. The van der Waals surface area contributed by atoms with E-state index in [-0.39, 0.29) is 46.5 Å². The molecular formula is C39H54O6. The molecule has 6 nitrogen and oxygen atoms in total. The summed E-state index contributed by atoms with van der Waals surface area (Å²) in [5.74, 6) is 0.422. The summed E-state index contributed by atoms with van der Waals surface area (Å²) in [6, 6.07) is 6.70. The summed E-state index contributed by atoms with van der Waals surface area (Å²) in [6.45, 7) is 14.2. The van der Waals surface area contributed by atoms with Gasteiger partial charge in [-0.05, 0) is 127 Å². The molecule has 6 rings (SSSR count). The minimum atomic E-state index is -0.773. The summed E-state index contributed by atoms with van der Waals surface area (Å²) in [6.07, 6.45) is 12.9. The molecule has 5 aliphatic rings. The monoisotopic (exact) mass is 618 g/mol. The number of carbonyl (C=O) groups is 2. The van der Waals surface area contributed by atoms with E-state index in [9.17, 15) is 24.9 Å². The number of rotatable bonds is 5. The predicted octanol–water partition coefficient (Wildman–Crippen LogP) is 8.03. The number of ether oxygens (including phenoxy) is 1. The number of hydrogen-bond donors (Lipinski definition) is 3. The van der Waals surface area contributed by atoms with Crippen LogP contribution in [-0.2, 0) is 14.3 Å². The highest BCUT2D eigenvalue weighted by Crippen LogP contribution is 2.76. The second-order valence-electron chi connectivity index (χ2n) is 16.8. The maximum absolute atomic E-state index is 13.3. The van der Waals surface area contributed by atoms with Crippen LogP contribution in [0.25, 0.3) is 6.08 Å². The molecule has 10 atom stereocenters. The third kappa shape index (κ3) is 4.66. The first kappa shape index (κ1) is 32.3. The first-order chi connectivity index (χ1) is 21.1. The number of carboxylic acid groups (broad SMARTS) is 1. The van der Waals surface area contributed by atoms with E-state index in [0.29, 0.717) is 37.0 Å². The normalized spacial score (nSPS) is 43.7. The number of fused-ring (bicyclic) bond motifs is 7. The van der Waals surface area contributed by atoms with Crippen LogP contribution in [-0.4, -0.2) is 40.0 Å². The van der Waals surface area contributed by atoms with Gasteiger partial charge >= 0.3 is 11.9 Å². The maximum atomic E-state index is 13.3. The molecule has 1 aromatic rings. The summed E-state index contributed by atoms with van der Waals surface area (Å²) in [7, 11) is 0. The lowest BCUT2D eigenvalue weighted by Gasteiger charge is -2.71. The zero-order chi connectivity index (χ0) is 32.6. The first-order valence-corrected chi connectivity index (χ1v) is 17.4. The lowest BCUT2D eigenvalue weighted by atomic mass is 9.33. The average Bonchev–Trinajstić information content (AvgIpc) is 2.99. The number of aromatic hydroxyl groups is 1. The fourth-order valence-electron chi connectivity index (χ4n) is 12.0. The minimum absolute atomic E-state index is 0.0281. The van der Waals surface area contributed by atoms with Crippen molar-refractivity contribution in [2.75, 3.05) is 6.61 Å². The molecule has 0 bridgehead atoms. The summed E-state index contributed by atoms with van der Waals surface area (Å²) >= 11 is 0. The second kappa shape index (κ2) is 11.0.